The number of anilines is 2. The normalized spacial score (nSPS) is 11.9. The number of ether oxygens (including phenoxy) is 1. The van der Waals surface area contributed by atoms with Crippen LogP contribution < -0.4 is 10.1 Å². The van der Waals surface area contributed by atoms with Gasteiger partial charge in [0.2, 0.25) is 5.95 Å². The van der Waals surface area contributed by atoms with Crippen LogP contribution >= 0.6 is 0 Å². The van der Waals surface area contributed by atoms with Gasteiger partial charge in [-0.3, -0.25) is 4.21 Å². The number of pyridine rings is 1. The Labute approximate surface area is 157 Å². The van der Waals surface area contributed by atoms with Crippen molar-refractivity contribution in [2.45, 2.75) is 5.75 Å². The zero-order valence-electron chi connectivity index (χ0n) is 14.6. The Morgan fingerprint density at radius 1 is 1.11 bits per heavy atom. The van der Waals surface area contributed by atoms with Crippen LogP contribution in [-0.2, 0) is 16.6 Å². The molecule has 9 heteroatoms. The summed E-state index contributed by atoms with van der Waals surface area (Å²) in [7, 11) is 0.333. The highest BCUT2D eigenvalue weighted by molar-refractivity contribution is 7.83. The summed E-state index contributed by atoms with van der Waals surface area (Å²) in [5, 5.41) is 2.90. The number of methoxy groups -OCH3 is 1. The van der Waals surface area contributed by atoms with E-state index in [4.69, 9.17) is 4.74 Å². The van der Waals surface area contributed by atoms with Gasteiger partial charge in [-0.15, -0.1) is 0 Å². The molecule has 2 aromatic heterocycles. The van der Waals surface area contributed by atoms with Gasteiger partial charge in [-0.2, -0.15) is 4.39 Å². The third-order valence-corrected chi connectivity index (χ3v) is 4.33. The SMILES string of the molecule is COc1cc(F)ccc1-c1cc(Nc2cc(CS(C)=O)cc(F)n2)ncn1. The van der Waals surface area contributed by atoms with E-state index in [2.05, 4.69) is 20.3 Å². The van der Waals surface area contributed by atoms with Gasteiger partial charge in [0, 0.05) is 40.5 Å². The topological polar surface area (TPSA) is 77.0 Å². The third-order valence-electron chi connectivity index (χ3n) is 3.59. The summed E-state index contributed by atoms with van der Waals surface area (Å²) in [6, 6.07) is 8.57. The quantitative estimate of drug-likeness (QED) is 0.650. The molecular formula is C18H16F2N4O2S. The van der Waals surface area contributed by atoms with E-state index in [9.17, 15) is 13.0 Å². The van der Waals surface area contributed by atoms with Gasteiger partial charge in [0.05, 0.1) is 12.8 Å². The van der Waals surface area contributed by atoms with Crippen molar-refractivity contribution >= 4 is 22.4 Å². The van der Waals surface area contributed by atoms with E-state index >= 15 is 0 Å². The van der Waals surface area contributed by atoms with Gasteiger partial charge in [-0.1, -0.05) is 0 Å². The number of nitrogens with one attached hydrogen (secondary N) is 1. The molecule has 2 heterocycles. The molecule has 0 spiro atoms. The molecule has 0 bridgehead atoms. The van der Waals surface area contributed by atoms with Crippen molar-refractivity contribution in [3.8, 4) is 17.0 Å². The number of rotatable bonds is 6. The summed E-state index contributed by atoms with van der Waals surface area (Å²) < 4.78 is 43.7. The lowest BCUT2D eigenvalue weighted by Crippen LogP contribution is -2.02. The molecule has 0 aliphatic carbocycles. The average molecular weight is 390 g/mol. The molecule has 6 nitrogen and oxygen atoms in total. The second kappa shape index (κ2) is 8.17. The molecule has 0 fully saturated rings. The van der Waals surface area contributed by atoms with E-state index in [0.717, 1.165) is 0 Å². The molecule has 0 radical (unpaired) electrons. The highest BCUT2D eigenvalue weighted by Crippen LogP contribution is 2.30. The maximum atomic E-state index is 13.7. The number of halogens is 2. The molecule has 0 aliphatic rings. The number of hydrogen-bond donors (Lipinski definition) is 1. The second-order valence-electron chi connectivity index (χ2n) is 5.66. The molecule has 1 aromatic carbocycles. The van der Waals surface area contributed by atoms with Crippen molar-refractivity contribution in [3.05, 3.63) is 60.1 Å². The van der Waals surface area contributed by atoms with E-state index in [-0.39, 0.29) is 11.6 Å². The van der Waals surface area contributed by atoms with Gasteiger partial charge in [-0.25, -0.2) is 19.3 Å². The monoisotopic (exact) mass is 390 g/mol. The van der Waals surface area contributed by atoms with Crippen molar-refractivity contribution in [2.24, 2.45) is 0 Å². The molecular weight excluding hydrogens is 374 g/mol. The average Bonchev–Trinajstić information content (AvgIpc) is 2.60. The molecule has 0 saturated carbocycles. The van der Waals surface area contributed by atoms with Gasteiger partial charge in [0.15, 0.2) is 0 Å². The lowest BCUT2D eigenvalue weighted by Gasteiger charge is -2.10. The standard InChI is InChI=1S/C18H16F2N4O2S/c1-26-15-7-12(19)3-4-13(15)14-8-17(22-10-21-14)24-18-6-11(9-27(2)25)5-16(20)23-18/h3-8,10H,9H2,1-2H3,(H,21,22,23,24). The van der Waals surface area contributed by atoms with Crippen LogP contribution in [0.15, 0.2) is 42.7 Å². The number of benzene rings is 1. The van der Waals surface area contributed by atoms with E-state index < -0.39 is 22.6 Å². The largest absolute Gasteiger partial charge is 0.496 e. The summed E-state index contributed by atoms with van der Waals surface area (Å²) in [6.07, 6.45) is 2.86. The van der Waals surface area contributed by atoms with E-state index in [1.807, 2.05) is 0 Å². The van der Waals surface area contributed by atoms with Gasteiger partial charge >= 0.3 is 0 Å². The minimum atomic E-state index is -1.11. The first-order valence-electron chi connectivity index (χ1n) is 7.84. The minimum Gasteiger partial charge on any atom is -0.496 e. The minimum absolute atomic E-state index is 0.218. The Bertz CT molecular complexity index is 1000. The Morgan fingerprint density at radius 3 is 2.67 bits per heavy atom. The summed E-state index contributed by atoms with van der Waals surface area (Å²) in [4.78, 5) is 12.0. The molecule has 1 atom stereocenters. The van der Waals surface area contributed by atoms with E-state index in [0.29, 0.717) is 28.4 Å². The fourth-order valence-corrected chi connectivity index (χ4v) is 3.15. The smallest absolute Gasteiger partial charge is 0.215 e. The molecule has 0 aliphatic heterocycles. The van der Waals surface area contributed by atoms with E-state index in [1.54, 1.807) is 18.2 Å². The van der Waals surface area contributed by atoms with Gasteiger partial charge < -0.3 is 10.1 Å². The Hall–Kier alpha value is -2.94. The number of aromatic nitrogens is 3. The first-order chi connectivity index (χ1) is 12.9. The van der Waals surface area contributed by atoms with Crippen molar-refractivity contribution in [3.63, 3.8) is 0 Å². The molecule has 1 N–H and O–H groups in total. The molecule has 1 unspecified atom stereocenters. The van der Waals surface area contributed by atoms with Gasteiger partial charge in [-0.05, 0) is 29.8 Å². The van der Waals surface area contributed by atoms with Crippen molar-refractivity contribution in [1.82, 2.24) is 15.0 Å². The highest BCUT2D eigenvalue weighted by atomic mass is 32.2. The zero-order valence-corrected chi connectivity index (χ0v) is 15.4. The molecule has 3 aromatic rings. The summed E-state index contributed by atoms with van der Waals surface area (Å²) in [5.74, 6) is 0.0360. The number of hydrogen-bond acceptors (Lipinski definition) is 6. The molecule has 3 rings (SSSR count). The van der Waals surface area contributed by atoms with Crippen LogP contribution in [0.4, 0.5) is 20.4 Å². The third kappa shape index (κ3) is 4.82. The van der Waals surface area contributed by atoms with Gasteiger partial charge in [0.25, 0.3) is 0 Å². The molecule has 0 saturated heterocycles. The van der Waals surface area contributed by atoms with Crippen LogP contribution in [0.5, 0.6) is 5.75 Å². The van der Waals surface area contributed by atoms with Crippen molar-refractivity contribution < 1.29 is 17.7 Å². The Kier molecular flexibility index (Phi) is 5.70. The predicted molar refractivity (Wildman–Crippen MR) is 99.2 cm³/mol. The first-order valence-corrected chi connectivity index (χ1v) is 9.57. The van der Waals surface area contributed by atoms with Crippen LogP contribution in [0.25, 0.3) is 11.3 Å². The van der Waals surface area contributed by atoms with Crippen LogP contribution in [0.2, 0.25) is 0 Å². The summed E-state index contributed by atoms with van der Waals surface area (Å²) in [6.45, 7) is 0. The van der Waals surface area contributed by atoms with Crippen LogP contribution in [0.3, 0.4) is 0 Å². The first kappa shape index (κ1) is 18.8. The number of nitrogens with zero attached hydrogens (tertiary/aromatic N) is 3. The van der Waals surface area contributed by atoms with Crippen molar-refractivity contribution in [1.29, 1.82) is 0 Å². The molecule has 27 heavy (non-hydrogen) atoms. The lowest BCUT2D eigenvalue weighted by molar-refractivity contribution is 0.413. The molecule has 0 amide bonds. The lowest BCUT2D eigenvalue weighted by atomic mass is 10.1. The summed E-state index contributed by atoms with van der Waals surface area (Å²) in [5.41, 5.74) is 1.63. The van der Waals surface area contributed by atoms with Crippen molar-refractivity contribution in [2.75, 3.05) is 18.7 Å². The van der Waals surface area contributed by atoms with E-state index in [1.165, 1.54) is 37.9 Å². The summed E-state index contributed by atoms with van der Waals surface area (Å²) >= 11 is 0. The van der Waals surface area contributed by atoms with Gasteiger partial charge in [0.1, 0.15) is 29.5 Å². The molecule has 140 valence electrons. The fourth-order valence-electron chi connectivity index (χ4n) is 2.51. The maximum Gasteiger partial charge on any atom is 0.215 e. The van der Waals surface area contributed by atoms with Crippen LogP contribution in [-0.4, -0.2) is 32.5 Å². The Balaban J connectivity index is 1.91. The Morgan fingerprint density at radius 2 is 1.93 bits per heavy atom. The van der Waals surface area contributed by atoms with Crippen LogP contribution in [0, 0.1) is 11.8 Å². The predicted octanol–water partition coefficient (Wildman–Crippen LogP) is 3.45. The second-order valence-corrected chi connectivity index (χ2v) is 7.09. The zero-order chi connectivity index (χ0) is 19.4. The van der Waals surface area contributed by atoms with Crippen LogP contribution in [0.1, 0.15) is 5.56 Å². The maximum absolute atomic E-state index is 13.7. The highest BCUT2D eigenvalue weighted by Gasteiger charge is 2.11. The fraction of sp³-hybridized carbons (Fsp3) is 0.167.